The Bertz CT molecular complexity index is 1180. The molecule has 1 amide bonds. The third-order valence-electron chi connectivity index (χ3n) is 4.98. The van der Waals surface area contributed by atoms with Gasteiger partial charge in [-0.15, -0.1) is 0 Å². The van der Waals surface area contributed by atoms with Crippen molar-refractivity contribution in [3.8, 4) is 0 Å². The second-order valence-electron chi connectivity index (χ2n) is 7.56. The second-order valence-corrected chi connectivity index (χ2v) is 11.3. The van der Waals surface area contributed by atoms with Gasteiger partial charge in [-0.25, -0.2) is 8.42 Å². The van der Waals surface area contributed by atoms with E-state index >= 15 is 0 Å². The van der Waals surface area contributed by atoms with Crippen LogP contribution in [0, 0.1) is 6.92 Å². The molecule has 168 valence electrons. The van der Waals surface area contributed by atoms with E-state index in [0.717, 1.165) is 25.6 Å². The Morgan fingerprint density at radius 2 is 1.62 bits per heavy atom. The zero-order valence-corrected chi connectivity index (χ0v) is 21.7. The molecule has 3 rings (SSSR count). The highest BCUT2D eigenvalue weighted by molar-refractivity contribution is 9.10. The lowest BCUT2D eigenvalue weighted by Gasteiger charge is -2.23. The first kappa shape index (κ1) is 24.6. The van der Waals surface area contributed by atoms with Gasteiger partial charge in [-0.1, -0.05) is 73.8 Å². The summed E-state index contributed by atoms with van der Waals surface area (Å²) in [5.74, 6) is -0.370. The fraction of sp³-hybridized carbons (Fsp3) is 0.208. The summed E-state index contributed by atoms with van der Waals surface area (Å²) in [7, 11) is -3.88. The highest BCUT2D eigenvalue weighted by atomic mass is 79.9. The summed E-state index contributed by atoms with van der Waals surface area (Å²) >= 11 is 6.76. The van der Waals surface area contributed by atoms with Crippen LogP contribution in [0.15, 0.2) is 86.6 Å². The van der Waals surface area contributed by atoms with E-state index in [1.165, 1.54) is 16.4 Å². The number of hydrogen-bond acceptors (Lipinski definition) is 3. The zero-order chi connectivity index (χ0) is 23.3. The predicted octanol–water partition coefficient (Wildman–Crippen LogP) is 5.59. The quantitative estimate of drug-likeness (QED) is 0.378. The highest BCUT2D eigenvalue weighted by Gasteiger charge is 2.27. The van der Waals surface area contributed by atoms with Crippen LogP contribution in [0.1, 0.15) is 29.7 Å². The standard InChI is InChI=1S/C24H24Br2N2O3S/c1-17-6-8-19(9-7-17)15-28(32(30,31)23-12-10-21(25)11-13-23)16-24(29)27-18(2)20-4-3-5-22(26)14-20/h3-14,18H,15-16H2,1-2H3,(H,27,29)/t18-/m1/s1. The van der Waals surface area contributed by atoms with Crippen LogP contribution in [-0.2, 0) is 21.4 Å². The normalized spacial score (nSPS) is 12.5. The van der Waals surface area contributed by atoms with Crippen LogP contribution in [0.25, 0.3) is 0 Å². The second kappa shape index (κ2) is 10.7. The molecule has 0 aliphatic heterocycles. The van der Waals surface area contributed by atoms with Crippen molar-refractivity contribution in [3.05, 3.63) is 98.4 Å². The number of nitrogens with one attached hydrogen (secondary N) is 1. The van der Waals surface area contributed by atoms with Gasteiger partial charge < -0.3 is 5.32 Å². The van der Waals surface area contributed by atoms with Gasteiger partial charge in [-0.05, 0) is 61.4 Å². The van der Waals surface area contributed by atoms with Gasteiger partial charge in [0.1, 0.15) is 0 Å². The largest absolute Gasteiger partial charge is 0.348 e. The topological polar surface area (TPSA) is 66.5 Å². The number of halogens is 2. The average molecular weight is 580 g/mol. The zero-order valence-electron chi connectivity index (χ0n) is 17.8. The van der Waals surface area contributed by atoms with Crippen molar-refractivity contribution in [1.29, 1.82) is 0 Å². The first-order chi connectivity index (χ1) is 15.1. The van der Waals surface area contributed by atoms with Gasteiger partial charge in [0, 0.05) is 15.5 Å². The van der Waals surface area contributed by atoms with E-state index in [1.54, 1.807) is 12.1 Å². The Morgan fingerprint density at radius 1 is 0.969 bits per heavy atom. The predicted molar refractivity (Wildman–Crippen MR) is 134 cm³/mol. The number of benzene rings is 3. The van der Waals surface area contributed by atoms with Crippen molar-refractivity contribution < 1.29 is 13.2 Å². The van der Waals surface area contributed by atoms with Crippen molar-refractivity contribution in [2.75, 3.05) is 6.54 Å². The fourth-order valence-corrected chi connectivity index (χ4v) is 5.25. The summed E-state index contributed by atoms with van der Waals surface area (Å²) in [5.41, 5.74) is 2.81. The molecule has 0 unspecified atom stereocenters. The van der Waals surface area contributed by atoms with Gasteiger partial charge >= 0.3 is 0 Å². The number of nitrogens with zero attached hydrogens (tertiary/aromatic N) is 1. The Kier molecular flexibility index (Phi) is 8.27. The van der Waals surface area contributed by atoms with Crippen molar-refractivity contribution in [2.24, 2.45) is 0 Å². The van der Waals surface area contributed by atoms with E-state index in [-0.39, 0.29) is 29.9 Å². The van der Waals surface area contributed by atoms with Crippen LogP contribution >= 0.6 is 31.9 Å². The molecule has 0 saturated heterocycles. The van der Waals surface area contributed by atoms with Gasteiger partial charge in [-0.3, -0.25) is 4.79 Å². The Hall–Kier alpha value is -2.00. The molecule has 1 N–H and O–H groups in total. The molecule has 0 fully saturated rings. The first-order valence-corrected chi connectivity index (χ1v) is 13.0. The van der Waals surface area contributed by atoms with Gasteiger partial charge in [0.2, 0.25) is 15.9 Å². The summed E-state index contributed by atoms with van der Waals surface area (Å²) in [6.07, 6.45) is 0. The van der Waals surface area contributed by atoms with Gasteiger partial charge in [0.05, 0.1) is 17.5 Å². The van der Waals surface area contributed by atoms with Crippen LogP contribution in [0.5, 0.6) is 0 Å². The number of carbonyl (C=O) groups is 1. The smallest absolute Gasteiger partial charge is 0.243 e. The maximum atomic E-state index is 13.4. The molecular weight excluding hydrogens is 556 g/mol. The molecule has 1 atom stereocenters. The summed E-state index contributed by atoms with van der Waals surface area (Å²) in [6.45, 7) is 3.64. The van der Waals surface area contributed by atoms with E-state index in [4.69, 9.17) is 0 Å². The number of carbonyl (C=O) groups excluding carboxylic acids is 1. The molecular formula is C24H24Br2N2O3S. The van der Waals surface area contributed by atoms with Crippen LogP contribution in [0.4, 0.5) is 0 Å². The molecule has 3 aromatic carbocycles. The van der Waals surface area contributed by atoms with Crippen LogP contribution in [0.3, 0.4) is 0 Å². The van der Waals surface area contributed by atoms with Crippen molar-refractivity contribution in [1.82, 2.24) is 9.62 Å². The lowest BCUT2D eigenvalue weighted by atomic mass is 10.1. The summed E-state index contributed by atoms with van der Waals surface area (Å²) in [6, 6.07) is 21.4. The minimum Gasteiger partial charge on any atom is -0.348 e. The van der Waals surface area contributed by atoms with Crippen LogP contribution in [-0.4, -0.2) is 25.2 Å². The lowest BCUT2D eigenvalue weighted by molar-refractivity contribution is -0.122. The average Bonchev–Trinajstić information content (AvgIpc) is 2.75. The van der Waals surface area contributed by atoms with E-state index in [0.29, 0.717) is 0 Å². The van der Waals surface area contributed by atoms with Crippen LogP contribution < -0.4 is 5.32 Å². The molecule has 8 heteroatoms. The number of aryl methyl sites for hydroxylation is 1. The SMILES string of the molecule is Cc1ccc(CN(CC(=O)N[C@H](C)c2cccc(Br)c2)S(=O)(=O)c2ccc(Br)cc2)cc1. The molecule has 0 saturated carbocycles. The number of hydrogen-bond donors (Lipinski definition) is 1. The minimum atomic E-state index is -3.88. The Labute approximate surface area is 206 Å². The van der Waals surface area contributed by atoms with Crippen molar-refractivity contribution >= 4 is 47.8 Å². The van der Waals surface area contributed by atoms with Gasteiger partial charge in [0.15, 0.2) is 0 Å². The molecule has 0 aromatic heterocycles. The highest BCUT2D eigenvalue weighted by Crippen LogP contribution is 2.22. The van der Waals surface area contributed by atoms with Gasteiger partial charge in [0.25, 0.3) is 0 Å². The number of amides is 1. The van der Waals surface area contributed by atoms with Gasteiger partial charge in [-0.2, -0.15) is 4.31 Å². The molecule has 5 nitrogen and oxygen atoms in total. The monoisotopic (exact) mass is 578 g/mol. The third kappa shape index (κ3) is 6.51. The van der Waals surface area contributed by atoms with E-state index in [2.05, 4.69) is 37.2 Å². The molecule has 0 aliphatic carbocycles. The van der Waals surface area contributed by atoms with E-state index in [1.807, 2.05) is 62.4 Å². The van der Waals surface area contributed by atoms with E-state index < -0.39 is 10.0 Å². The minimum absolute atomic E-state index is 0.0946. The third-order valence-corrected chi connectivity index (χ3v) is 7.80. The Morgan fingerprint density at radius 3 is 2.25 bits per heavy atom. The number of rotatable bonds is 8. The fourth-order valence-electron chi connectivity index (χ4n) is 3.19. The summed E-state index contributed by atoms with van der Waals surface area (Å²) in [4.78, 5) is 13.0. The molecule has 3 aromatic rings. The Balaban J connectivity index is 1.83. The lowest BCUT2D eigenvalue weighted by Crippen LogP contribution is -2.41. The van der Waals surface area contributed by atoms with E-state index in [9.17, 15) is 13.2 Å². The number of sulfonamides is 1. The molecule has 0 heterocycles. The molecule has 0 aliphatic rings. The molecule has 0 spiro atoms. The molecule has 0 bridgehead atoms. The maximum Gasteiger partial charge on any atom is 0.243 e. The van der Waals surface area contributed by atoms with Crippen molar-refractivity contribution in [2.45, 2.75) is 31.3 Å². The molecule has 32 heavy (non-hydrogen) atoms. The summed E-state index contributed by atoms with van der Waals surface area (Å²) < 4.78 is 29.7. The maximum absolute atomic E-state index is 13.4. The summed E-state index contributed by atoms with van der Waals surface area (Å²) in [5, 5.41) is 2.91. The molecule has 0 radical (unpaired) electrons. The first-order valence-electron chi connectivity index (χ1n) is 10.0. The van der Waals surface area contributed by atoms with Crippen molar-refractivity contribution in [3.63, 3.8) is 0 Å². The van der Waals surface area contributed by atoms with Crippen LogP contribution in [0.2, 0.25) is 0 Å².